The molecule has 0 heterocycles. The fourth-order valence-corrected chi connectivity index (χ4v) is 1.97. The molecule has 0 bridgehead atoms. The van der Waals surface area contributed by atoms with Crippen molar-refractivity contribution in [1.29, 1.82) is 0 Å². The van der Waals surface area contributed by atoms with Crippen LogP contribution < -0.4 is 0 Å². The molecular weight excluding hydrogens is 204 g/mol. The van der Waals surface area contributed by atoms with Crippen LogP contribution in [0.2, 0.25) is 0 Å². The summed E-state index contributed by atoms with van der Waals surface area (Å²) in [5, 5.41) is 0. The standard InChI is InChI=1S/C9H18O4S/c1-7(6-14(5,11)12)8(10)13-9(2,3)4/h7H,6H2,1-5H3. The predicted octanol–water partition coefficient (Wildman–Crippen LogP) is 1.01. The molecule has 0 rings (SSSR count). The Kier molecular flexibility index (Phi) is 4.12. The number of esters is 1. The molecule has 0 aromatic rings. The highest BCUT2D eigenvalue weighted by Gasteiger charge is 2.24. The van der Waals surface area contributed by atoms with E-state index >= 15 is 0 Å². The summed E-state index contributed by atoms with van der Waals surface area (Å²) in [6, 6.07) is 0. The van der Waals surface area contributed by atoms with Gasteiger partial charge in [0.1, 0.15) is 15.4 Å². The van der Waals surface area contributed by atoms with Gasteiger partial charge in [-0.25, -0.2) is 8.42 Å². The Morgan fingerprint density at radius 2 is 1.79 bits per heavy atom. The second-order valence-electron chi connectivity index (χ2n) is 4.53. The van der Waals surface area contributed by atoms with Gasteiger partial charge < -0.3 is 4.74 Å². The Labute approximate surface area is 85.6 Å². The molecule has 1 atom stereocenters. The lowest BCUT2D eigenvalue weighted by Gasteiger charge is -2.21. The van der Waals surface area contributed by atoms with E-state index in [2.05, 4.69) is 0 Å². The number of hydrogen-bond donors (Lipinski definition) is 0. The first kappa shape index (κ1) is 13.4. The van der Waals surface area contributed by atoms with E-state index < -0.39 is 27.3 Å². The molecule has 14 heavy (non-hydrogen) atoms. The van der Waals surface area contributed by atoms with Gasteiger partial charge >= 0.3 is 5.97 Å². The molecule has 4 nitrogen and oxygen atoms in total. The van der Waals surface area contributed by atoms with E-state index in [1.807, 2.05) is 0 Å². The maximum atomic E-state index is 11.3. The van der Waals surface area contributed by atoms with Crippen molar-refractivity contribution in [2.75, 3.05) is 12.0 Å². The quantitative estimate of drug-likeness (QED) is 0.669. The highest BCUT2D eigenvalue weighted by Crippen LogP contribution is 2.12. The largest absolute Gasteiger partial charge is 0.460 e. The molecule has 0 saturated carbocycles. The summed E-state index contributed by atoms with van der Waals surface area (Å²) in [6.45, 7) is 6.79. The minimum absolute atomic E-state index is 0.165. The van der Waals surface area contributed by atoms with E-state index in [1.165, 1.54) is 0 Å². The van der Waals surface area contributed by atoms with Crippen LogP contribution in [0.4, 0.5) is 0 Å². The molecule has 0 spiro atoms. The average molecular weight is 222 g/mol. The molecular formula is C9H18O4S. The molecule has 5 heteroatoms. The second-order valence-corrected chi connectivity index (χ2v) is 6.71. The van der Waals surface area contributed by atoms with Crippen molar-refractivity contribution in [3.05, 3.63) is 0 Å². The first-order chi connectivity index (χ1) is 6.01. The van der Waals surface area contributed by atoms with Crippen LogP contribution in [0.15, 0.2) is 0 Å². The summed E-state index contributed by atoms with van der Waals surface area (Å²) < 4.78 is 26.8. The molecule has 0 aromatic carbocycles. The van der Waals surface area contributed by atoms with Gasteiger partial charge in [0.2, 0.25) is 0 Å². The zero-order chi connectivity index (χ0) is 11.6. The number of carbonyl (C=O) groups excluding carboxylic acids is 1. The SMILES string of the molecule is CC(CS(C)(=O)=O)C(=O)OC(C)(C)C. The van der Waals surface area contributed by atoms with Gasteiger partial charge in [0.15, 0.2) is 0 Å². The third kappa shape index (κ3) is 6.88. The van der Waals surface area contributed by atoms with Crippen molar-refractivity contribution in [1.82, 2.24) is 0 Å². The summed E-state index contributed by atoms with van der Waals surface area (Å²) in [5.41, 5.74) is -0.567. The fourth-order valence-electron chi connectivity index (χ4n) is 0.925. The maximum absolute atomic E-state index is 11.3. The van der Waals surface area contributed by atoms with Gasteiger partial charge in [0.05, 0.1) is 11.7 Å². The van der Waals surface area contributed by atoms with E-state index in [-0.39, 0.29) is 5.75 Å². The van der Waals surface area contributed by atoms with Gasteiger partial charge in [0.25, 0.3) is 0 Å². The van der Waals surface area contributed by atoms with E-state index in [4.69, 9.17) is 4.74 Å². The summed E-state index contributed by atoms with van der Waals surface area (Å²) in [7, 11) is -3.12. The molecule has 0 saturated heterocycles. The topological polar surface area (TPSA) is 60.4 Å². The van der Waals surface area contributed by atoms with Crippen molar-refractivity contribution >= 4 is 15.8 Å². The molecule has 0 fully saturated rings. The summed E-state index contributed by atoms with van der Waals surface area (Å²) in [6.07, 6.45) is 1.11. The first-order valence-corrected chi connectivity index (χ1v) is 6.48. The van der Waals surface area contributed by atoms with Crippen LogP contribution in [0.1, 0.15) is 27.7 Å². The zero-order valence-electron chi connectivity index (χ0n) is 9.33. The van der Waals surface area contributed by atoms with Crippen molar-refractivity contribution < 1.29 is 17.9 Å². The Morgan fingerprint density at radius 3 is 2.07 bits per heavy atom. The highest BCUT2D eigenvalue weighted by molar-refractivity contribution is 7.90. The summed E-state index contributed by atoms with van der Waals surface area (Å²) >= 11 is 0. The molecule has 0 aliphatic rings. The molecule has 84 valence electrons. The zero-order valence-corrected chi connectivity index (χ0v) is 10.1. The molecule has 0 amide bonds. The first-order valence-electron chi connectivity index (χ1n) is 4.42. The van der Waals surface area contributed by atoms with Crippen molar-refractivity contribution in [3.63, 3.8) is 0 Å². The molecule has 0 aliphatic carbocycles. The van der Waals surface area contributed by atoms with Gasteiger partial charge in [0, 0.05) is 6.26 Å². The number of carbonyl (C=O) groups is 1. The normalized spacial score (nSPS) is 14.9. The number of rotatable bonds is 3. The van der Waals surface area contributed by atoms with Crippen LogP contribution in [0.25, 0.3) is 0 Å². The Balaban J connectivity index is 4.29. The Morgan fingerprint density at radius 1 is 1.36 bits per heavy atom. The van der Waals surface area contributed by atoms with Crippen molar-refractivity contribution in [2.45, 2.75) is 33.3 Å². The second kappa shape index (κ2) is 4.29. The van der Waals surface area contributed by atoms with Crippen LogP contribution >= 0.6 is 0 Å². The van der Waals surface area contributed by atoms with Gasteiger partial charge in [-0.3, -0.25) is 4.79 Å². The van der Waals surface area contributed by atoms with Gasteiger partial charge in [-0.15, -0.1) is 0 Å². The van der Waals surface area contributed by atoms with Crippen molar-refractivity contribution in [3.8, 4) is 0 Å². The van der Waals surface area contributed by atoms with Crippen LogP contribution in [-0.2, 0) is 19.4 Å². The van der Waals surface area contributed by atoms with E-state index in [1.54, 1.807) is 27.7 Å². The Hall–Kier alpha value is -0.580. The molecule has 0 aliphatic heterocycles. The predicted molar refractivity (Wildman–Crippen MR) is 54.7 cm³/mol. The summed E-state index contributed by atoms with van der Waals surface area (Å²) in [5.74, 6) is -1.24. The number of hydrogen-bond acceptors (Lipinski definition) is 4. The minimum atomic E-state index is -3.12. The monoisotopic (exact) mass is 222 g/mol. The molecule has 0 N–H and O–H groups in total. The van der Waals surface area contributed by atoms with Crippen LogP contribution in [-0.4, -0.2) is 32.0 Å². The van der Waals surface area contributed by atoms with E-state index in [0.29, 0.717) is 0 Å². The third-order valence-electron chi connectivity index (χ3n) is 1.36. The number of ether oxygens (including phenoxy) is 1. The van der Waals surface area contributed by atoms with E-state index in [0.717, 1.165) is 6.26 Å². The van der Waals surface area contributed by atoms with Crippen LogP contribution in [0.3, 0.4) is 0 Å². The average Bonchev–Trinajstić information content (AvgIpc) is 1.78. The third-order valence-corrected chi connectivity index (χ3v) is 2.47. The van der Waals surface area contributed by atoms with Gasteiger partial charge in [-0.05, 0) is 20.8 Å². The fraction of sp³-hybridized carbons (Fsp3) is 0.889. The molecule has 0 radical (unpaired) electrons. The molecule has 0 aromatic heterocycles. The van der Waals surface area contributed by atoms with Crippen LogP contribution in [0, 0.1) is 5.92 Å². The summed E-state index contributed by atoms with van der Waals surface area (Å²) in [4.78, 5) is 11.3. The number of sulfone groups is 1. The lowest BCUT2D eigenvalue weighted by Crippen LogP contribution is -2.30. The van der Waals surface area contributed by atoms with Crippen molar-refractivity contribution in [2.24, 2.45) is 5.92 Å². The van der Waals surface area contributed by atoms with E-state index in [9.17, 15) is 13.2 Å². The minimum Gasteiger partial charge on any atom is -0.460 e. The van der Waals surface area contributed by atoms with Gasteiger partial charge in [-0.2, -0.15) is 0 Å². The maximum Gasteiger partial charge on any atom is 0.310 e. The van der Waals surface area contributed by atoms with Crippen LogP contribution in [0.5, 0.6) is 0 Å². The smallest absolute Gasteiger partial charge is 0.310 e. The van der Waals surface area contributed by atoms with Gasteiger partial charge in [-0.1, -0.05) is 6.92 Å². The molecule has 1 unspecified atom stereocenters. The Bertz CT molecular complexity index is 297. The lowest BCUT2D eigenvalue weighted by molar-refractivity contribution is -0.158. The lowest BCUT2D eigenvalue weighted by atomic mass is 10.1. The highest BCUT2D eigenvalue weighted by atomic mass is 32.2.